The molecule has 1 aliphatic heterocycles. The van der Waals surface area contributed by atoms with Gasteiger partial charge in [-0.3, -0.25) is 14.4 Å². The molecule has 1 aliphatic rings. The van der Waals surface area contributed by atoms with E-state index in [2.05, 4.69) is 21.3 Å². The molecule has 0 saturated carbocycles. The molecule has 0 spiro atoms. The molecule has 0 aromatic heterocycles. The highest BCUT2D eigenvalue weighted by atomic mass is 16.4. The van der Waals surface area contributed by atoms with E-state index in [1.807, 2.05) is 0 Å². The Balaban J connectivity index is 2.15. The van der Waals surface area contributed by atoms with Gasteiger partial charge in [0.25, 0.3) is 0 Å². The minimum Gasteiger partial charge on any atom is -0.480 e. The minimum absolute atomic E-state index is 0.0286. The zero-order chi connectivity index (χ0) is 23.7. The predicted molar refractivity (Wildman–Crippen MR) is 113 cm³/mol. The van der Waals surface area contributed by atoms with E-state index in [-0.39, 0.29) is 6.42 Å². The molecule has 11 heteroatoms. The topological polar surface area (TPSA) is 177 Å². The molecule has 5 unspecified atom stereocenters. The highest BCUT2D eigenvalue weighted by molar-refractivity contribution is 5.94. The normalized spacial score (nSPS) is 19.3. The molecular formula is C21H30N4O7. The van der Waals surface area contributed by atoms with Crippen molar-refractivity contribution >= 4 is 23.7 Å². The number of rotatable bonds is 11. The van der Waals surface area contributed by atoms with Gasteiger partial charge in [-0.25, -0.2) is 4.79 Å². The molecule has 0 bridgehead atoms. The van der Waals surface area contributed by atoms with Crippen LogP contribution < -0.4 is 21.3 Å². The van der Waals surface area contributed by atoms with E-state index in [4.69, 9.17) is 5.11 Å². The van der Waals surface area contributed by atoms with Crippen molar-refractivity contribution in [1.82, 2.24) is 21.3 Å². The summed E-state index contributed by atoms with van der Waals surface area (Å²) >= 11 is 0. The van der Waals surface area contributed by atoms with E-state index in [1.54, 1.807) is 30.3 Å². The van der Waals surface area contributed by atoms with E-state index in [0.717, 1.165) is 6.42 Å². The van der Waals surface area contributed by atoms with Crippen LogP contribution in [0.4, 0.5) is 0 Å². The second-order valence-electron chi connectivity index (χ2n) is 7.71. The quantitative estimate of drug-likeness (QED) is 0.200. The summed E-state index contributed by atoms with van der Waals surface area (Å²) in [7, 11) is 0. The lowest BCUT2D eigenvalue weighted by atomic mass is 10.0. The molecule has 1 aromatic rings. The van der Waals surface area contributed by atoms with Crippen LogP contribution in [0.5, 0.6) is 0 Å². The number of nitrogens with one attached hydrogen (secondary N) is 4. The van der Waals surface area contributed by atoms with Crippen LogP contribution >= 0.6 is 0 Å². The fourth-order valence-corrected chi connectivity index (χ4v) is 3.35. The van der Waals surface area contributed by atoms with Gasteiger partial charge in [0, 0.05) is 6.42 Å². The lowest BCUT2D eigenvalue weighted by Crippen LogP contribution is -2.60. The summed E-state index contributed by atoms with van der Waals surface area (Å²) in [5, 5.41) is 38.5. The Bertz CT molecular complexity index is 797. The van der Waals surface area contributed by atoms with E-state index >= 15 is 0 Å². The lowest BCUT2D eigenvalue weighted by Gasteiger charge is -2.26. The number of benzene rings is 1. The van der Waals surface area contributed by atoms with Crippen LogP contribution in [-0.4, -0.2) is 82.4 Å². The molecule has 176 valence electrons. The second-order valence-corrected chi connectivity index (χ2v) is 7.71. The van der Waals surface area contributed by atoms with Gasteiger partial charge in [-0.05, 0) is 31.9 Å². The molecule has 0 radical (unpaired) electrons. The molecule has 5 atom stereocenters. The van der Waals surface area contributed by atoms with Crippen LogP contribution in [0.25, 0.3) is 0 Å². The third-order valence-corrected chi connectivity index (χ3v) is 5.15. The zero-order valence-electron chi connectivity index (χ0n) is 17.8. The van der Waals surface area contributed by atoms with E-state index in [0.29, 0.717) is 18.5 Å². The van der Waals surface area contributed by atoms with Crippen molar-refractivity contribution in [2.75, 3.05) is 13.2 Å². The van der Waals surface area contributed by atoms with Gasteiger partial charge < -0.3 is 36.6 Å². The fraction of sp³-hybridized carbons (Fsp3) is 0.524. The maximum Gasteiger partial charge on any atom is 0.328 e. The molecule has 3 amide bonds. The number of carboxylic acids is 1. The van der Waals surface area contributed by atoms with Crippen molar-refractivity contribution in [2.24, 2.45) is 0 Å². The first-order valence-corrected chi connectivity index (χ1v) is 10.4. The summed E-state index contributed by atoms with van der Waals surface area (Å²) < 4.78 is 0. The molecule has 1 saturated heterocycles. The first kappa shape index (κ1) is 25.2. The van der Waals surface area contributed by atoms with Crippen LogP contribution in [0, 0.1) is 0 Å². The Kier molecular flexibility index (Phi) is 9.57. The molecule has 0 aliphatic carbocycles. The van der Waals surface area contributed by atoms with Gasteiger partial charge >= 0.3 is 5.97 Å². The summed E-state index contributed by atoms with van der Waals surface area (Å²) in [5.41, 5.74) is 0.691. The average molecular weight is 450 g/mol. The van der Waals surface area contributed by atoms with Gasteiger partial charge in [0.15, 0.2) is 0 Å². The van der Waals surface area contributed by atoms with E-state index in [1.165, 1.54) is 6.92 Å². The zero-order valence-corrected chi connectivity index (χ0v) is 17.8. The molecule has 1 aromatic carbocycles. The Hall–Kier alpha value is -3.02. The van der Waals surface area contributed by atoms with Crippen LogP contribution in [0.3, 0.4) is 0 Å². The predicted octanol–water partition coefficient (Wildman–Crippen LogP) is -2.11. The van der Waals surface area contributed by atoms with Crippen molar-refractivity contribution in [2.45, 2.75) is 56.5 Å². The number of carboxylic acid groups (broad SMARTS) is 1. The van der Waals surface area contributed by atoms with Crippen LogP contribution in [0.1, 0.15) is 25.3 Å². The average Bonchev–Trinajstić information content (AvgIpc) is 3.30. The highest BCUT2D eigenvalue weighted by Gasteiger charge is 2.33. The van der Waals surface area contributed by atoms with Crippen molar-refractivity contribution < 1.29 is 34.5 Å². The number of amides is 3. The summed E-state index contributed by atoms with van der Waals surface area (Å²) in [6.45, 7) is 1.19. The van der Waals surface area contributed by atoms with Crippen LogP contribution in [0.15, 0.2) is 30.3 Å². The standard InChI is InChI=1S/C21H30N4O7/c1-12(27)17(25-18(28)14-8-5-9-22-14)20(30)23-15(10-13-6-3-2-4-7-13)19(29)24-16(11-26)21(31)32/h2-4,6-7,12,14-17,22,26-27H,5,8-11H2,1H3,(H,23,30)(H,24,29)(H,25,28)(H,31,32). The number of aliphatic hydroxyl groups is 2. The highest BCUT2D eigenvalue weighted by Crippen LogP contribution is 2.08. The van der Waals surface area contributed by atoms with Crippen molar-refractivity contribution in [1.29, 1.82) is 0 Å². The number of aliphatic carboxylic acids is 1. The number of carbonyl (C=O) groups is 4. The Morgan fingerprint density at radius 2 is 1.72 bits per heavy atom. The number of aliphatic hydroxyl groups excluding tert-OH is 2. The van der Waals surface area contributed by atoms with E-state index in [9.17, 15) is 29.4 Å². The number of carbonyl (C=O) groups excluding carboxylic acids is 3. The molecule has 7 N–H and O–H groups in total. The van der Waals surface area contributed by atoms with Crippen molar-refractivity contribution in [3.05, 3.63) is 35.9 Å². The van der Waals surface area contributed by atoms with Crippen LogP contribution in [-0.2, 0) is 25.6 Å². The van der Waals surface area contributed by atoms with Gasteiger partial charge in [0.05, 0.1) is 18.8 Å². The van der Waals surface area contributed by atoms with Crippen molar-refractivity contribution in [3.63, 3.8) is 0 Å². The summed E-state index contributed by atoms with van der Waals surface area (Å²) in [6, 6.07) is 4.19. The third-order valence-electron chi connectivity index (χ3n) is 5.15. The van der Waals surface area contributed by atoms with Crippen LogP contribution in [0.2, 0.25) is 0 Å². The van der Waals surface area contributed by atoms with Gasteiger partial charge in [0.1, 0.15) is 18.1 Å². The second kappa shape index (κ2) is 12.1. The SMILES string of the molecule is CC(O)C(NC(=O)C1CCCN1)C(=O)NC(Cc1ccccc1)C(=O)NC(CO)C(=O)O. The fourth-order valence-electron chi connectivity index (χ4n) is 3.35. The lowest BCUT2D eigenvalue weighted by molar-refractivity contribution is -0.143. The molecule has 11 nitrogen and oxygen atoms in total. The smallest absolute Gasteiger partial charge is 0.328 e. The third kappa shape index (κ3) is 7.29. The van der Waals surface area contributed by atoms with Gasteiger partial charge in [0.2, 0.25) is 17.7 Å². The summed E-state index contributed by atoms with van der Waals surface area (Å²) in [5.74, 6) is -3.47. The first-order chi connectivity index (χ1) is 15.2. The maximum atomic E-state index is 12.9. The van der Waals surface area contributed by atoms with Gasteiger partial charge in [-0.1, -0.05) is 30.3 Å². The number of hydrogen-bond acceptors (Lipinski definition) is 7. The number of hydrogen-bond donors (Lipinski definition) is 7. The monoisotopic (exact) mass is 450 g/mol. The minimum atomic E-state index is -1.54. The molecular weight excluding hydrogens is 420 g/mol. The molecule has 1 heterocycles. The largest absolute Gasteiger partial charge is 0.480 e. The maximum absolute atomic E-state index is 12.9. The molecule has 2 rings (SSSR count). The first-order valence-electron chi connectivity index (χ1n) is 10.4. The Morgan fingerprint density at radius 3 is 2.25 bits per heavy atom. The molecule has 32 heavy (non-hydrogen) atoms. The Labute approximate surface area is 185 Å². The van der Waals surface area contributed by atoms with Gasteiger partial charge in [-0.2, -0.15) is 0 Å². The molecule has 1 fully saturated rings. The Morgan fingerprint density at radius 1 is 1.06 bits per heavy atom. The summed E-state index contributed by atoms with van der Waals surface area (Å²) in [6.07, 6.45) is 0.209. The van der Waals surface area contributed by atoms with Gasteiger partial charge in [-0.15, -0.1) is 0 Å². The van der Waals surface area contributed by atoms with Crippen molar-refractivity contribution in [3.8, 4) is 0 Å². The van der Waals surface area contributed by atoms with E-state index < -0.39 is 60.6 Å². The summed E-state index contributed by atoms with van der Waals surface area (Å²) in [4.78, 5) is 49.2.